The van der Waals surface area contributed by atoms with Crippen LogP contribution in [0.2, 0.25) is 0 Å². The maximum Gasteiger partial charge on any atom is 0.342 e. The number of rotatable bonds is 27. The first-order valence-electron chi connectivity index (χ1n) is 42.1. The Morgan fingerprint density at radius 1 is 0.516 bits per heavy atom. The maximum atomic E-state index is 15.5. The molecule has 32 heteroatoms. The van der Waals surface area contributed by atoms with E-state index in [9.17, 15) is 78.6 Å². The van der Waals surface area contributed by atoms with Crippen LogP contribution in [-0.2, 0) is 95.3 Å². The minimum atomic E-state index is -2.38. The summed E-state index contributed by atoms with van der Waals surface area (Å²) in [7, 11) is 0. The molecule has 4 aromatic carbocycles. The first kappa shape index (κ1) is 99.6. The van der Waals surface area contributed by atoms with E-state index in [1.807, 2.05) is 6.08 Å². The van der Waals surface area contributed by atoms with E-state index in [4.69, 9.17) is 52.5 Å². The van der Waals surface area contributed by atoms with E-state index in [1.54, 1.807) is 138 Å². The van der Waals surface area contributed by atoms with E-state index in [0.717, 1.165) is 40.0 Å². The summed E-state index contributed by atoms with van der Waals surface area (Å²) in [5, 5.41) is 85.0. The van der Waals surface area contributed by atoms with E-state index in [2.05, 4.69) is 24.2 Å². The zero-order chi connectivity index (χ0) is 92.0. The maximum absolute atomic E-state index is 15.5. The third-order valence-corrected chi connectivity index (χ3v) is 26.9. The van der Waals surface area contributed by atoms with Gasteiger partial charge in [-0.05, 0) is 118 Å². The van der Waals surface area contributed by atoms with Crippen LogP contribution in [-0.4, -0.2) is 216 Å². The number of unbranched alkanes of at least 4 members (excludes halogenated alkanes) is 4. The Morgan fingerprint density at radius 3 is 1.21 bits per heavy atom. The fourth-order valence-corrected chi connectivity index (χ4v) is 20.0. The van der Waals surface area contributed by atoms with Crippen LogP contribution < -0.4 is 23.5 Å². The number of ether oxygens (including phenoxy) is 10. The van der Waals surface area contributed by atoms with E-state index in [-0.39, 0.29) is 84.7 Å². The Balaban J connectivity index is 0.000000259. The molecule has 0 aromatic heterocycles. The van der Waals surface area contributed by atoms with Crippen LogP contribution in [0.25, 0.3) is 0 Å². The molecule has 6 fully saturated rings. The van der Waals surface area contributed by atoms with Gasteiger partial charge in [-0.1, -0.05) is 137 Å². The molecule has 684 valence electrons. The second kappa shape index (κ2) is 40.0. The number of nitrogens with one attached hydrogen (secondary N) is 1. The fourth-order valence-electron chi connectivity index (χ4n) is 20.0. The summed E-state index contributed by atoms with van der Waals surface area (Å²) in [5.74, 6) is -13.2. The highest BCUT2D eigenvalue weighted by Crippen LogP contribution is 2.67. The van der Waals surface area contributed by atoms with Crippen LogP contribution in [0.5, 0.6) is 0 Å². The average molecular weight is 1770 g/mol. The molecule has 2 saturated heterocycles. The van der Waals surface area contributed by atoms with E-state index in [0.29, 0.717) is 30.4 Å². The number of benzene rings is 4. The Labute approximate surface area is 737 Å². The third kappa shape index (κ3) is 19.0. The topological polar surface area (TPSA) is 478 Å². The van der Waals surface area contributed by atoms with E-state index in [1.165, 1.54) is 52.0 Å². The first-order chi connectivity index (χ1) is 58.8. The molecule has 2 aliphatic heterocycles. The number of carboxylic acid groups (broad SMARTS) is 1. The molecule has 12 rings (SSSR count). The highest BCUT2D eigenvalue weighted by Gasteiger charge is 2.81. The highest BCUT2D eigenvalue weighted by molar-refractivity contribution is 5.97. The zero-order valence-electron chi connectivity index (χ0n) is 73.0. The van der Waals surface area contributed by atoms with Gasteiger partial charge in [-0.3, -0.25) is 38.4 Å². The normalized spacial score (nSPS) is 31.3. The smallest absolute Gasteiger partial charge is 0.342 e. The number of hydrogen-bond acceptors (Lipinski definition) is 28. The number of Topliss-reactive ketones (excluding diaryl/α,β-unsaturated/α-hetero) is 2. The summed E-state index contributed by atoms with van der Waals surface area (Å²) >= 11 is 0. The molecule has 2 heterocycles. The van der Waals surface area contributed by atoms with Gasteiger partial charge in [-0.2, -0.15) is 0 Å². The molecule has 8 aliphatic rings. The molecule has 126 heavy (non-hydrogen) atoms. The lowest BCUT2D eigenvalue weighted by Gasteiger charge is -2.67. The quantitative estimate of drug-likeness (QED) is 0.0171. The van der Waals surface area contributed by atoms with Gasteiger partial charge in [-0.15, -0.1) is 13.2 Å². The minimum Gasteiger partial charge on any atom is -1.00 e. The molecule has 22 atom stereocenters. The Hall–Kier alpha value is -10.2. The predicted molar refractivity (Wildman–Crippen MR) is 444 cm³/mol. The average Bonchev–Trinajstić information content (AvgIpc) is 0.671. The lowest BCUT2D eigenvalue weighted by Crippen LogP contribution is -3.00. The summed E-state index contributed by atoms with van der Waals surface area (Å²) < 4.78 is 60.2. The molecule has 31 nitrogen and oxygen atoms in total. The van der Waals surface area contributed by atoms with Crippen molar-refractivity contribution >= 4 is 71.2 Å². The van der Waals surface area contributed by atoms with Crippen molar-refractivity contribution < 1.29 is 159 Å². The van der Waals surface area contributed by atoms with Gasteiger partial charge in [0.2, 0.25) is 12.0 Å². The summed E-state index contributed by atoms with van der Waals surface area (Å²) in [6, 6.07) is 30.5. The number of esters is 8. The lowest BCUT2D eigenvalue weighted by molar-refractivity contribution is -0.441. The van der Waals surface area contributed by atoms with Crippen molar-refractivity contribution in [1.29, 1.82) is 0 Å². The van der Waals surface area contributed by atoms with Gasteiger partial charge in [0.25, 0.3) is 0 Å². The molecule has 11 N–H and O–H groups in total. The Morgan fingerprint density at radius 2 is 0.873 bits per heavy atom. The number of carboxylic acids is 1. The number of carbonyl (C=O) groups is 12. The van der Waals surface area contributed by atoms with Crippen LogP contribution in [0.15, 0.2) is 169 Å². The number of hydrogen-bond donors (Lipinski definition) is 9. The van der Waals surface area contributed by atoms with Crippen LogP contribution in [0.1, 0.15) is 204 Å². The number of aliphatic carboxylic acids is 1. The van der Waals surface area contributed by atoms with Crippen LogP contribution in [0.4, 0.5) is 0 Å². The summed E-state index contributed by atoms with van der Waals surface area (Å²) in [4.78, 5) is 162. The summed E-state index contributed by atoms with van der Waals surface area (Å²) in [6.45, 7) is 23.4. The molecule has 6 aliphatic carbocycles. The van der Waals surface area contributed by atoms with Crippen molar-refractivity contribution in [2.24, 2.45) is 33.5 Å². The minimum absolute atomic E-state index is 0. The zero-order valence-corrected chi connectivity index (χ0v) is 73.7. The number of allylic oxidation sites excluding steroid dienone is 2. The molecule has 1 amide bonds. The number of amides is 1. The molecule has 0 radical (unpaired) electrons. The third-order valence-electron chi connectivity index (χ3n) is 26.9. The molecule has 0 spiro atoms. The summed E-state index contributed by atoms with van der Waals surface area (Å²) in [5.41, 5.74) is -9.88. The number of halogens is 1. The van der Waals surface area contributed by atoms with Gasteiger partial charge < -0.3 is 107 Å². The lowest BCUT2D eigenvalue weighted by atomic mass is 9.44. The second-order valence-electron chi connectivity index (χ2n) is 35.2. The molecular formula is C94H117ClN2O29. The Kier molecular flexibility index (Phi) is 31.6. The summed E-state index contributed by atoms with van der Waals surface area (Å²) in [6.07, 6.45) is -11.6. The number of fused-ring (bicyclic) bond motifs is 10. The van der Waals surface area contributed by atoms with Crippen LogP contribution >= 0.6 is 0 Å². The van der Waals surface area contributed by atoms with Gasteiger partial charge >= 0.3 is 53.7 Å². The Bertz CT molecular complexity index is 4790. The van der Waals surface area contributed by atoms with Crippen molar-refractivity contribution in [3.05, 3.63) is 191 Å². The molecule has 4 aromatic rings. The van der Waals surface area contributed by atoms with E-state index >= 15 is 9.59 Å². The van der Waals surface area contributed by atoms with Crippen molar-refractivity contribution in [2.75, 3.05) is 13.2 Å². The van der Waals surface area contributed by atoms with Gasteiger partial charge in [0.1, 0.15) is 53.9 Å². The first-order valence-corrected chi connectivity index (χ1v) is 42.1. The number of aliphatic hydroxyl groups excluding tert-OH is 4. The van der Waals surface area contributed by atoms with Crippen molar-refractivity contribution in [2.45, 2.75) is 268 Å². The molecule has 4 saturated carbocycles. The monoisotopic (exact) mass is 1770 g/mol. The largest absolute Gasteiger partial charge is 1.00 e. The van der Waals surface area contributed by atoms with Crippen LogP contribution in [0.3, 0.4) is 0 Å². The van der Waals surface area contributed by atoms with Gasteiger partial charge in [0, 0.05) is 82.6 Å². The van der Waals surface area contributed by atoms with E-state index < -0.39 is 225 Å². The SMILES string of the molecule is C=CCCCCC(=O)N[C@H](c1ccccc1)[C@@H](O)C(=O)O[C@H]1C[C@@]2(O)[C@@H](OC(=O)c3ccccc3)[C@@H]3[C@]4(OC(C)=O)CO[C@@H]4C[C@H](O)[C@@]3(C)C(=O)[C@H](OC(C)=O)C(=C1C)C2(C)C.C=CCCCCC(=O)O.CC(=O)O[C@H]1C(=O)[C@@]2(C)[C@H]([C@H](OC(=O)c3ccccc3)[C@]3(O)C[C@H](OC(=O)[C@H](O)[C@@H]([NH3+])c4ccccc4)C(C)=C1C3(C)C)[C@]1(OC(C)=O)CO[C@@H]1C[C@@H]2O.[Cl-]. The molecule has 4 bridgehead atoms. The highest BCUT2D eigenvalue weighted by atomic mass is 35.5. The van der Waals surface area contributed by atoms with Gasteiger partial charge in [-0.25, -0.2) is 19.2 Å². The van der Waals surface area contributed by atoms with Gasteiger partial charge in [0.15, 0.2) is 41.1 Å². The number of ketones is 2. The number of carbonyl (C=O) groups excluding carboxylic acids is 11. The molecule has 0 unspecified atom stereocenters. The van der Waals surface area contributed by atoms with Crippen molar-refractivity contribution in [3.63, 3.8) is 0 Å². The molecular weight excluding hydrogens is 1660 g/mol. The van der Waals surface area contributed by atoms with Crippen molar-refractivity contribution in [3.8, 4) is 0 Å². The standard InChI is InChI=1S/C47H57NO14.C40H47NO13.C7H12O2.ClH/c1-8-9-10-17-22-34(52)48-36(29-18-13-11-14-19-29)37(53)43(56)60-31-24-47(57)41(61-42(55)30-20-15-12-16-21-30)39-45(7,32(51)23-33-46(39,25-58-33)62-28(4)50)40(54)38(59-27(3)49)35(26(31)2)44(47,5)6;1-20-25(52-36(48)30(45)29(41)23-13-9-7-10-14-23)18-40(49)34(53-35(47)24-15-11-8-12-16-24)32-38(6,26(44)17-27-39(32,19-50-27)54-22(3)43)33(46)31(51-21(2)42)28(20)37(40,4)5;1-2-3-4-5-6-7(8)9;/h8,11-16,18-21,31-33,36-39,41,51,53,57H,1,9-10,17,22-25H2,2-7H3,(H,48,52);7-16,25-27,29-32,34,44-45,49H,17-19,41H2,1-6H3;2H,1,3-6H2,(H,8,9);1H/t31-,32-,33+,36+,37+,38+,39-,41-,45+,46-,47+;25-,26-,27+,29-,30+,31+,32-,34-,38+,39-,40+;;/m00../s1. The van der Waals surface area contributed by atoms with Crippen molar-refractivity contribution in [1.82, 2.24) is 5.32 Å². The number of quaternary nitrogens is 1. The predicted octanol–water partition coefficient (Wildman–Crippen LogP) is 4.54. The second-order valence-corrected chi connectivity index (χ2v) is 35.2. The fraction of sp³-hybridized carbons (Fsp3) is 0.532. The number of aliphatic hydroxyl groups is 6. The van der Waals surface area contributed by atoms with Gasteiger partial charge in [0.05, 0.1) is 65.3 Å². The van der Waals surface area contributed by atoms with Crippen LogP contribution in [0, 0.1) is 33.5 Å².